The van der Waals surface area contributed by atoms with Crippen LogP contribution in [0.15, 0.2) is 86.0 Å². The maximum absolute atomic E-state index is 13.5. The van der Waals surface area contributed by atoms with Gasteiger partial charge < -0.3 is 25.2 Å². The average Bonchev–Trinajstić information content (AvgIpc) is 2.98. The summed E-state index contributed by atoms with van der Waals surface area (Å²) in [5, 5.41) is 15.6. The van der Waals surface area contributed by atoms with Gasteiger partial charge in [-0.15, -0.1) is 13.2 Å². The molecular weight excluding hydrogens is 520 g/mol. The van der Waals surface area contributed by atoms with Crippen molar-refractivity contribution in [2.45, 2.75) is 63.1 Å². The van der Waals surface area contributed by atoms with E-state index in [0.717, 1.165) is 24.0 Å². The van der Waals surface area contributed by atoms with Crippen molar-refractivity contribution in [3.8, 4) is 0 Å². The molecule has 0 saturated heterocycles. The first kappa shape index (κ1) is 33.5. The van der Waals surface area contributed by atoms with Crippen LogP contribution < -0.4 is 10.6 Å². The molecule has 2 aromatic rings. The highest BCUT2D eigenvalue weighted by atomic mass is 16.5. The van der Waals surface area contributed by atoms with Gasteiger partial charge in [0.05, 0.1) is 31.2 Å². The maximum Gasteiger partial charge on any atom is 0.306 e. The summed E-state index contributed by atoms with van der Waals surface area (Å²) < 4.78 is 11.3. The highest BCUT2D eigenvalue weighted by Gasteiger charge is 2.31. The second-order valence-corrected chi connectivity index (χ2v) is 9.99. The van der Waals surface area contributed by atoms with Gasteiger partial charge in [0.1, 0.15) is 6.10 Å². The molecule has 0 bridgehead atoms. The number of nitrogens with one attached hydrogen (secondary N) is 2. The van der Waals surface area contributed by atoms with Gasteiger partial charge in [-0.1, -0.05) is 72.8 Å². The topological polar surface area (TPSA) is 114 Å². The third-order valence-electron chi connectivity index (χ3n) is 6.63. The molecule has 0 unspecified atom stereocenters. The molecule has 3 N–H and O–H groups in total. The van der Waals surface area contributed by atoms with Gasteiger partial charge in [0.2, 0.25) is 11.8 Å². The molecule has 0 aliphatic rings. The van der Waals surface area contributed by atoms with E-state index in [-0.39, 0.29) is 50.3 Å². The quantitative estimate of drug-likeness (QED) is 0.124. The fraction of sp³-hybridized carbons (Fsp3) is 0.424. The number of allylic oxidation sites excluding steroid dienone is 2. The van der Waals surface area contributed by atoms with Crippen LogP contribution in [0.25, 0.3) is 0 Å². The predicted octanol–water partition coefficient (Wildman–Crippen LogP) is 4.45. The summed E-state index contributed by atoms with van der Waals surface area (Å²) in [5.74, 6) is -1.81. The second-order valence-electron chi connectivity index (χ2n) is 9.99. The molecule has 8 nitrogen and oxygen atoms in total. The summed E-state index contributed by atoms with van der Waals surface area (Å²) in [4.78, 5) is 39.1. The molecule has 0 fully saturated rings. The third kappa shape index (κ3) is 12.5. The number of unbranched alkanes of at least 4 members (excludes halogenated alkanes) is 2. The van der Waals surface area contributed by atoms with Gasteiger partial charge in [-0.2, -0.15) is 0 Å². The summed E-state index contributed by atoms with van der Waals surface area (Å²) >= 11 is 0. The summed E-state index contributed by atoms with van der Waals surface area (Å²) in [6.45, 7) is 7.31. The van der Waals surface area contributed by atoms with Crippen molar-refractivity contribution in [2.24, 2.45) is 5.92 Å². The van der Waals surface area contributed by atoms with Crippen molar-refractivity contribution in [1.82, 2.24) is 10.6 Å². The maximum atomic E-state index is 13.5. The van der Waals surface area contributed by atoms with Crippen LogP contribution in [0, 0.1) is 5.92 Å². The van der Waals surface area contributed by atoms with E-state index >= 15 is 0 Å². The molecule has 222 valence electrons. The fourth-order valence-electron chi connectivity index (χ4n) is 4.52. The van der Waals surface area contributed by atoms with E-state index < -0.39 is 24.1 Å². The Balaban J connectivity index is 2.12. The van der Waals surface area contributed by atoms with E-state index in [9.17, 15) is 19.5 Å². The summed E-state index contributed by atoms with van der Waals surface area (Å²) in [5.41, 5.74) is 1.70. The van der Waals surface area contributed by atoms with Crippen molar-refractivity contribution in [2.75, 3.05) is 20.3 Å². The van der Waals surface area contributed by atoms with Crippen molar-refractivity contribution in [3.05, 3.63) is 97.1 Å². The molecule has 0 radical (unpaired) electrons. The fourth-order valence-corrected chi connectivity index (χ4v) is 4.52. The number of hydrogen-bond donors (Lipinski definition) is 3. The van der Waals surface area contributed by atoms with Gasteiger partial charge in [0.15, 0.2) is 0 Å². The lowest BCUT2D eigenvalue weighted by Crippen LogP contribution is -2.47. The van der Waals surface area contributed by atoms with Gasteiger partial charge in [0, 0.05) is 20.0 Å². The van der Waals surface area contributed by atoms with E-state index in [1.165, 1.54) is 7.11 Å². The Labute approximate surface area is 243 Å². The number of rotatable bonds is 20. The molecule has 41 heavy (non-hydrogen) atoms. The summed E-state index contributed by atoms with van der Waals surface area (Å²) in [6.07, 6.45) is 5.83. The summed E-state index contributed by atoms with van der Waals surface area (Å²) in [6, 6.07) is 17.6. The molecule has 2 aromatic carbocycles. The third-order valence-corrected chi connectivity index (χ3v) is 6.63. The standard InChI is InChI=1S/C33H44N2O6/c1-4-6-7-14-20-31(38)41-32(26-18-12-9-13-19-26)29(24-40-3)35-33(39)27(15-5-2)22-30(37)34-28(23-36)21-25-16-10-8-11-17-25/h4-5,8-13,16-19,27-29,32,36H,1-2,6-7,14-15,20-24H2,3H3,(H,34,37)(H,35,39)/t27-,28+,29-,32-/m0/s1. The van der Waals surface area contributed by atoms with E-state index in [4.69, 9.17) is 9.47 Å². The Morgan fingerprint density at radius 2 is 1.63 bits per heavy atom. The first-order chi connectivity index (χ1) is 19.9. The molecule has 0 spiro atoms. The molecule has 0 aliphatic carbocycles. The number of carbonyl (C=O) groups is 3. The van der Waals surface area contributed by atoms with Crippen LogP contribution >= 0.6 is 0 Å². The number of esters is 1. The smallest absolute Gasteiger partial charge is 0.306 e. The largest absolute Gasteiger partial charge is 0.455 e. The highest BCUT2D eigenvalue weighted by molar-refractivity contribution is 5.86. The SMILES string of the molecule is C=CCCCCC(=O)O[C@@H](c1ccccc1)[C@H](COC)NC(=O)[C@@H](CC=C)CC(=O)N[C@@H](CO)Cc1ccccc1. The lowest BCUT2D eigenvalue weighted by molar-refractivity contribution is -0.153. The van der Waals surface area contributed by atoms with Crippen LogP contribution in [-0.4, -0.2) is 55.3 Å². The molecule has 0 aromatic heterocycles. The van der Waals surface area contributed by atoms with Gasteiger partial charge in [-0.05, 0) is 43.2 Å². The van der Waals surface area contributed by atoms with Crippen molar-refractivity contribution in [1.29, 1.82) is 0 Å². The van der Waals surface area contributed by atoms with Gasteiger partial charge in [0.25, 0.3) is 0 Å². The highest BCUT2D eigenvalue weighted by Crippen LogP contribution is 2.24. The molecule has 4 atom stereocenters. The number of carbonyl (C=O) groups excluding carboxylic acids is 3. The molecule has 0 saturated carbocycles. The molecule has 0 heterocycles. The van der Waals surface area contributed by atoms with E-state index in [1.54, 1.807) is 6.08 Å². The van der Waals surface area contributed by atoms with E-state index in [2.05, 4.69) is 23.8 Å². The zero-order valence-corrected chi connectivity index (χ0v) is 24.0. The predicted molar refractivity (Wildman–Crippen MR) is 160 cm³/mol. The van der Waals surface area contributed by atoms with Crippen LogP contribution in [0.1, 0.15) is 55.8 Å². The minimum atomic E-state index is -0.783. The summed E-state index contributed by atoms with van der Waals surface area (Å²) in [7, 11) is 1.51. The van der Waals surface area contributed by atoms with E-state index in [0.29, 0.717) is 12.8 Å². The Morgan fingerprint density at radius 1 is 0.951 bits per heavy atom. The average molecular weight is 565 g/mol. The minimum Gasteiger partial charge on any atom is -0.455 e. The molecule has 2 rings (SSSR count). The Hall–Kier alpha value is -3.75. The Bertz CT molecular complexity index is 1080. The molecule has 2 amide bonds. The van der Waals surface area contributed by atoms with Crippen LogP contribution in [0.5, 0.6) is 0 Å². The zero-order chi connectivity index (χ0) is 29.9. The van der Waals surface area contributed by atoms with Crippen LogP contribution in [-0.2, 0) is 30.3 Å². The van der Waals surface area contributed by atoms with Gasteiger partial charge >= 0.3 is 5.97 Å². The van der Waals surface area contributed by atoms with Crippen molar-refractivity contribution in [3.63, 3.8) is 0 Å². The number of aliphatic hydroxyl groups excluding tert-OH is 1. The number of amides is 2. The normalized spacial score (nSPS) is 13.7. The van der Waals surface area contributed by atoms with Crippen LogP contribution in [0.3, 0.4) is 0 Å². The van der Waals surface area contributed by atoms with Crippen molar-refractivity contribution < 1.29 is 29.0 Å². The lowest BCUT2D eigenvalue weighted by Gasteiger charge is -2.29. The van der Waals surface area contributed by atoms with Gasteiger partial charge in [-0.3, -0.25) is 14.4 Å². The van der Waals surface area contributed by atoms with E-state index in [1.807, 2.05) is 66.7 Å². The lowest BCUT2D eigenvalue weighted by atomic mass is 9.97. The number of hydrogen-bond acceptors (Lipinski definition) is 6. The number of aliphatic hydroxyl groups is 1. The Morgan fingerprint density at radius 3 is 2.24 bits per heavy atom. The number of benzene rings is 2. The number of methoxy groups -OCH3 is 1. The molecule has 0 aliphatic heterocycles. The van der Waals surface area contributed by atoms with Crippen molar-refractivity contribution >= 4 is 17.8 Å². The molecule has 8 heteroatoms. The second kappa shape index (κ2) is 19.3. The number of ether oxygens (including phenoxy) is 2. The minimum absolute atomic E-state index is 0.0890. The van der Waals surface area contributed by atoms with Gasteiger partial charge in [-0.25, -0.2) is 0 Å². The van der Waals surface area contributed by atoms with Crippen LogP contribution in [0.2, 0.25) is 0 Å². The first-order valence-corrected chi connectivity index (χ1v) is 14.1. The zero-order valence-electron chi connectivity index (χ0n) is 24.0. The van der Waals surface area contributed by atoms with Crippen LogP contribution in [0.4, 0.5) is 0 Å². The monoisotopic (exact) mass is 564 g/mol. The Kier molecular flexibility index (Phi) is 15.8. The molecular formula is C33H44N2O6. The first-order valence-electron chi connectivity index (χ1n) is 14.1.